The molecule has 8 nitrogen and oxygen atoms in total. The van der Waals surface area contributed by atoms with Gasteiger partial charge >= 0.3 is 0 Å². The van der Waals surface area contributed by atoms with E-state index in [1.54, 1.807) is 11.1 Å². The summed E-state index contributed by atoms with van der Waals surface area (Å²) < 4.78 is 5.79. The molecule has 1 aliphatic rings. The van der Waals surface area contributed by atoms with Gasteiger partial charge in [-0.1, -0.05) is 19.1 Å². The number of H-pyrrole nitrogens is 2. The zero-order valence-corrected chi connectivity index (χ0v) is 14.0. The molecule has 1 amide bonds. The number of rotatable bonds is 4. The minimum absolute atomic E-state index is 0.0348. The highest BCUT2D eigenvalue weighted by atomic mass is 16.5. The Morgan fingerprint density at radius 1 is 1.40 bits per heavy atom. The van der Waals surface area contributed by atoms with Crippen molar-refractivity contribution in [3.63, 3.8) is 0 Å². The van der Waals surface area contributed by atoms with Gasteiger partial charge in [-0.25, -0.2) is 4.98 Å². The summed E-state index contributed by atoms with van der Waals surface area (Å²) in [4.78, 5) is 19.2. The van der Waals surface area contributed by atoms with E-state index in [2.05, 4.69) is 32.3 Å². The van der Waals surface area contributed by atoms with Crippen LogP contribution in [-0.2, 0) is 11.2 Å². The number of nitrogens with zero attached hydrogens (tertiary/aromatic N) is 4. The molecule has 0 saturated carbocycles. The molecule has 4 rings (SSSR count). The van der Waals surface area contributed by atoms with Crippen LogP contribution in [0.15, 0.2) is 24.4 Å². The van der Waals surface area contributed by atoms with Crippen molar-refractivity contribution in [1.29, 1.82) is 0 Å². The summed E-state index contributed by atoms with van der Waals surface area (Å²) in [6, 6.07) is 5.62. The Balaban J connectivity index is 1.54. The third-order valence-corrected chi connectivity index (χ3v) is 4.38. The normalized spacial score (nSPS) is 18.0. The molecule has 0 spiro atoms. The van der Waals surface area contributed by atoms with E-state index in [0.29, 0.717) is 31.1 Å². The average Bonchev–Trinajstić information content (AvgIpc) is 3.30. The summed E-state index contributed by atoms with van der Waals surface area (Å²) in [5, 5.41) is 15.1. The topological polar surface area (TPSA) is 99.8 Å². The van der Waals surface area contributed by atoms with E-state index in [1.165, 1.54) is 0 Å². The van der Waals surface area contributed by atoms with E-state index in [1.807, 2.05) is 18.2 Å². The Hall–Kier alpha value is -2.74. The summed E-state index contributed by atoms with van der Waals surface area (Å²) >= 11 is 0. The van der Waals surface area contributed by atoms with Crippen molar-refractivity contribution in [1.82, 2.24) is 30.3 Å². The highest BCUT2D eigenvalue weighted by Crippen LogP contribution is 2.23. The Morgan fingerprint density at radius 3 is 3.20 bits per heavy atom. The molecule has 0 radical (unpaired) electrons. The van der Waals surface area contributed by atoms with Crippen molar-refractivity contribution in [2.75, 3.05) is 19.7 Å². The lowest BCUT2D eigenvalue weighted by atomic mass is 10.1. The molecule has 2 N–H and O–H groups in total. The van der Waals surface area contributed by atoms with Gasteiger partial charge in [-0.05, 0) is 12.5 Å². The summed E-state index contributed by atoms with van der Waals surface area (Å²) in [5.74, 6) is 1.43. The molecule has 1 aromatic carbocycles. The molecule has 0 aliphatic carbocycles. The van der Waals surface area contributed by atoms with Crippen LogP contribution in [0.25, 0.3) is 10.9 Å². The second-order valence-corrected chi connectivity index (χ2v) is 6.14. The monoisotopic (exact) mass is 340 g/mol. The van der Waals surface area contributed by atoms with Gasteiger partial charge in [0.05, 0.1) is 30.4 Å². The van der Waals surface area contributed by atoms with Gasteiger partial charge in [-0.2, -0.15) is 10.2 Å². The van der Waals surface area contributed by atoms with Crippen molar-refractivity contribution < 1.29 is 9.53 Å². The number of ether oxygens (including phenoxy) is 1. The molecule has 3 heterocycles. The van der Waals surface area contributed by atoms with Crippen LogP contribution >= 0.6 is 0 Å². The molecular weight excluding hydrogens is 320 g/mol. The first kappa shape index (κ1) is 15.8. The quantitative estimate of drug-likeness (QED) is 0.755. The first-order valence-electron chi connectivity index (χ1n) is 8.50. The number of aromatic amines is 2. The van der Waals surface area contributed by atoms with Crippen LogP contribution < -0.4 is 0 Å². The van der Waals surface area contributed by atoms with Gasteiger partial charge in [0.25, 0.3) is 5.91 Å². The summed E-state index contributed by atoms with van der Waals surface area (Å²) in [6.07, 6.45) is 3.26. The van der Waals surface area contributed by atoms with Crippen LogP contribution in [0.2, 0.25) is 0 Å². The molecule has 3 aromatic rings. The van der Waals surface area contributed by atoms with Crippen molar-refractivity contribution in [2.24, 2.45) is 0 Å². The van der Waals surface area contributed by atoms with Gasteiger partial charge in [0.1, 0.15) is 11.9 Å². The molecule has 25 heavy (non-hydrogen) atoms. The summed E-state index contributed by atoms with van der Waals surface area (Å²) in [7, 11) is 0. The molecular formula is C17H20N6O2. The number of hydrogen-bond acceptors (Lipinski definition) is 5. The lowest BCUT2D eigenvalue weighted by Gasteiger charge is -2.31. The number of hydrogen-bond donors (Lipinski definition) is 2. The predicted octanol–water partition coefficient (Wildman–Crippen LogP) is 1.85. The van der Waals surface area contributed by atoms with Crippen LogP contribution in [0.4, 0.5) is 0 Å². The highest BCUT2D eigenvalue weighted by Gasteiger charge is 2.29. The highest BCUT2D eigenvalue weighted by molar-refractivity contribution is 6.05. The summed E-state index contributed by atoms with van der Waals surface area (Å²) in [6.45, 7) is 3.54. The van der Waals surface area contributed by atoms with E-state index in [0.717, 1.165) is 29.6 Å². The zero-order valence-electron chi connectivity index (χ0n) is 14.0. The number of amides is 1. The fourth-order valence-corrected chi connectivity index (χ4v) is 3.11. The first-order chi connectivity index (χ1) is 12.3. The third-order valence-electron chi connectivity index (χ3n) is 4.38. The van der Waals surface area contributed by atoms with E-state index >= 15 is 0 Å². The van der Waals surface area contributed by atoms with Gasteiger partial charge in [-0.15, -0.1) is 0 Å². The van der Waals surface area contributed by atoms with Crippen molar-refractivity contribution >= 4 is 16.8 Å². The number of benzene rings is 1. The molecule has 130 valence electrons. The summed E-state index contributed by atoms with van der Waals surface area (Å²) in [5.41, 5.74) is 1.39. The van der Waals surface area contributed by atoms with Gasteiger partial charge in [-0.3, -0.25) is 15.0 Å². The maximum Gasteiger partial charge on any atom is 0.256 e. The van der Waals surface area contributed by atoms with Crippen LogP contribution in [0.5, 0.6) is 0 Å². The molecule has 1 aliphatic heterocycles. The molecule has 1 atom stereocenters. The van der Waals surface area contributed by atoms with Crippen molar-refractivity contribution in [3.05, 3.63) is 41.6 Å². The predicted molar refractivity (Wildman–Crippen MR) is 91.1 cm³/mol. The number of carbonyl (C=O) groups is 1. The van der Waals surface area contributed by atoms with Gasteiger partial charge in [0.2, 0.25) is 0 Å². The smallest absolute Gasteiger partial charge is 0.256 e. The average molecular weight is 340 g/mol. The lowest BCUT2D eigenvalue weighted by Crippen LogP contribution is -2.42. The van der Waals surface area contributed by atoms with Crippen LogP contribution in [0, 0.1) is 0 Å². The largest absolute Gasteiger partial charge is 0.366 e. The minimum atomic E-state index is -0.305. The lowest BCUT2D eigenvalue weighted by molar-refractivity contribution is -0.0266. The SMILES string of the molecule is CCCc1nc([C@H]2CN(C(=O)c3cccc4cn[nH]c34)CCO2)n[nH]1. The number of carbonyl (C=O) groups excluding carboxylic acids is 1. The number of aromatic nitrogens is 5. The first-order valence-corrected chi connectivity index (χ1v) is 8.50. The van der Waals surface area contributed by atoms with E-state index < -0.39 is 0 Å². The Kier molecular flexibility index (Phi) is 4.19. The number of morpholine rings is 1. The van der Waals surface area contributed by atoms with E-state index in [-0.39, 0.29) is 12.0 Å². The van der Waals surface area contributed by atoms with Crippen LogP contribution in [-0.4, -0.2) is 55.9 Å². The molecule has 1 fully saturated rings. The maximum absolute atomic E-state index is 13.0. The minimum Gasteiger partial charge on any atom is -0.366 e. The Bertz CT molecular complexity index is 886. The van der Waals surface area contributed by atoms with Crippen LogP contribution in [0.3, 0.4) is 0 Å². The fraction of sp³-hybridized carbons (Fsp3) is 0.412. The third kappa shape index (κ3) is 3.00. The molecule has 0 bridgehead atoms. The van der Waals surface area contributed by atoms with E-state index in [9.17, 15) is 4.79 Å². The van der Waals surface area contributed by atoms with Crippen molar-refractivity contribution in [3.8, 4) is 0 Å². The Labute approximate surface area is 144 Å². The van der Waals surface area contributed by atoms with Crippen LogP contribution in [0.1, 0.15) is 41.5 Å². The second-order valence-electron chi connectivity index (χ2n) is 6.14. The fourth-order valence-electron chi connectivity index (χ4n) is 3.11. The van der Waals surface area contributed by atoms with E-state index in [4.69, 9.17) is 4.74 Å². The molecule has 8 heteroatoms. The second kappa shape index (κ2) is 6.64. The molecule has 0 unspecified atom stereocenters. The van der Waals surface area contributed by atoms with Crippen molar-refractivity contribution in [2.45, 2.75) is 25.9 Å². The Morgan fingerprint density at radius 2 is 2.32 bits per heavy atom. The molecule has 2 aromatic heterocycles. The van der Waals surface area contributed by atoms with Gasteiger partial charge in [0.15, 0.2) is 5.82 Å². The zero-order chi connectivity index (χ0) is 17.2. The number of para-hydroxylation sites is 1. The van der Waals surface area contributed by atoms with Gasteiger partial charge in [0, 0.05) is 18.4 Å². The maximum atomic E-state index is 13.0. The number of nitrogens with one attached hydrogen (secondary N) is 2. The number of fused-ring (bicyclic) bond motifs is 1. The standard InChI is InChI=1S/C17H20N6O2/c1-2-4-14-19-16(22-20-14)13-10-23(7-8-25-13)17(24)12-6-3-5-11-9-18-21-15(11)12/h3,5-6,9,13H,2,4,7-8,10H2,1H3,(H,18,21)(H,19,20,22)/t13-/m1/s1. The van der Waals surface area contributed by atoms with Gasteiger partial charge < -0.3 is 9.64 Å². The number of aryl methyl sites for hydroxylation is 1. The molecule has 1 saturated heterocycles.